The molecule has 0 saturated carbocycles. The average Bonchev–Trinajstić information content (AvgIpc) is 2.61. The van der Waals surface area contributed by atoms with Crippen molar-refractivity contribution >= 4 is 17.5 Å². The van der Waals surface area contributed by atoms with Crippen LogP contribution in [0.5, 0.6) is 0 Å². The highest BCUT2D eigenvalue weighted by molar-refractivity contribution is 5.50. The maximum absolute atomic E-state index is 4.41. The topological polar surface area (TPSA) is 57.2 Å². The lowest BCUT2D eigenvalue weighted by Gasteiger charge is -2.36. The van der Waals surface area contributed by atoms with Crippen LogP contribution in [0.3, 0.4) is 0 Å². The average molecular weight is 296 g/mol. The molecule has 1 fully saturated rings. The van der Waals surface area contributed by atoms with E-state index in [0.29, 0.717) is 6.54 Å². The van der Waals surface area contributed by atoms with Gasteiger partial charge in [-0.15, -0.1) is 6.58 Å². The number of pyridine rings is 1. The third-order valence-electron chi connectivity index (χ3n) is 3.66. The number of nitrogens with one attached hydrogen (secondary N) is 1. The molecule has 3 heterocycles. The van der Waals surface area contributed by atoms with Gasteiger partial charge in [0.15, 0.2) is 0 Å². The van der Waals surface area contributed by atoms with Gasteiger partial charge in [-0.05, 0) is 12.1 Å². The van der Waals surface area contributed by atoms with Crippen molar-refractivity contribution in [1.29, 1.82) is 0 Å². The van der Waals surface area contributed by atoms with Crippen molar-refractivity contribution in [1.82, 2.24) is 15.0 Å². The third kappa shape index (κ3) is 3.33. The normalized spacial score (nSPS) is 14.7. The zero-order valence-electron chi connectivity index (χ0n) is 12.5. The van der Waals surface area contributed by atoms with Crippen molar-refractivity contribution in [3.63, 3.8) is 0 Å². The molecule has 0 aromatic carbocycles. The van der Waals surface area contributed by atoms with Crippen LogP contribution in [0.25, 0.3) is 0 Å². The molecule has 2 aromatic heterocycles. The van der Waals surface area contributed by atoms with E-state index in [9.17, 15) is 0 Å². The van der Waals surface area contributed by atoms with Crippen LogP contribution in [0.2, 0.25) is 0 Å². The number of anilines is 3. The minimum absolute atomic E-state index is 0.698. The summed E-state index contributed by atoms with van der Waals surface area (Å²) in [6, 6.07) is 8.01. The van der Waals surface area contributed by atoms with Crippen molar-refractivity contribution in [2.75, 3.05) is 47.8 Å². The Morgan fingerprint density at radius 2 is 1.82 bits per heavy atom. The van der Waals surface area contributed by atoms with E-state index in [4.69, 9.17) is 0 Å². The first-order valence-corrected chi connectivity index (χ1v) is 7.44. The Morgan fingerprint density at radius 3 is 2.50 bits per heavy atom. The molecule has 3 rings (SSSR count). The lowest BCUT2D eigenvalue weighted by Crippen LogP contribution is -2.47. The Kier molecular flexibility index (Phi) is 4.48. The molecule has 0 radical (unpaired) electrons. The van der Waals surface area contributed by atoms with Crippen molar-refractivity contribution in [3.8, 4) is 0 Å². The van der Waals surface area contributed by atoms with Crippen molar-refractivity contribution < 1.29 is 0 Å². The second kappa shape index (κ2) is 6.89. The third-order valence-corrected chi connectivity index (χ3v) is 3.66. The van der Waals surface area contributed by atoms with E-state index in [2.05, 4.69) is 42.7 Å². The molecule has 1 saturated heterocycles. The van der Waals surface area contributed by atoms with Gasteiger partial charge in [-0.25, -0.2) is 15.0 Å². The zero-order valence-corrected chi connectivity index (χ0v) is 12.5. The second-order valence-corrected chi connectivity index (χ2v) is 5.09. The molecule has 0 spiro atoms. The highest BCUT2D eigenvalue weighted by atomic mass is 15.3. The summed E-state index contributed by atoms with van der Waals surface area (Å²) >= 11 is 0. The summed E-state index contributed by atoms with van der Waals surface area (Å²) in [6.07, 6.45) is 5.25. The molecule has 114 valence electrons. The molecule has 0 unspecified atom stereocenters. The molecule has 6 heteroatoms. The molecule has 0 aliphatic carbocycles. The van der Waals surface area contributed by atoms with Gasteiger partial charge in [-0.3, -0.25) is 0 Å². The standard InChI is InChI=1S/C16H20N6/c1-2-6-17-14-12-16(20-13-19-14)22-10-8-21(9-11-22)15-5-3-4-7-18-15/h2-5,7,12-13H,1,6,8-11H2,(H,17,19,20). The molecule has 22 heavy (non-hydrogen) atoms. The van der Waals surface area contributed by atoms with Crippen LogP contribution in [-0.2, 0) is 0 Å². The number of hydrogen-bond acceptors (Lipinski definition) is 6. The quantitative estimate of drug-likeness (QED) is 0.849. The van der Waals surface area contributed by atoms with Gasteiger partial charge in [0.1, 0.15) is 23.8 Å². The fourth-order valence-corrected chi connectivity index (χ4v) is 2.50. The molecule has 2 aromatic rings. The van der Waals surface area contributed by atoms with E-state index in [0.717, 1.165) is 43.6 Å². The van der Waals surface area contributed by atoms with E-state index < -0.39 is 0 Å². The Morgan fingerprint density at radius 1 is 1.05 bits per heavy atom. The summed E-state index contributed by atoms with van der Waals surface area (Å²) in [5, 5.41) is 3.19. The van der Waals surface area contributed by atoms with Crippen LogP contribution >= 0.6 is 0 Å². The summed E-state index contributed by atoms with van der Waals surface area (Å²) in [6.45, 7) is 8.13. The smallest absolute Gasteiger partial charge is 0.134 e. The molecular weight excluding hydrogens is 276 g/mol. The second-order valence-electron chi connectivity index (χ2n) is 5.09. The van der Waals surface area contributed by atoms with Gasteiger partial charge in [0.05, 0.1) is 0 Å². The van der Waals surface area contributed by atoms with E-state index in [1.54, 1.807) is 6.33 Å². The van der Waals surface area contributed by atoms with Crippen LogP contribution < -0.4 is 15.1 Å². The van der Waals surface area contributed by atoms with Gasteiger partial charge in [0.2, 0.25) is 0 Å². The summed E-state index contributed by atoms with van der Waals surface area (Å²) in [5.74, 6) is 2.83. The Hall–Kier alpha value is -2.63. The van der Waals surface area contributed by atoms with Gasteiger partial charge in [0.25, 0.3) is 0 Å². The largest absolute Gasteiger partial charge is 0.366 e. The van der Waals surface area contributed by atoms with Crippen molar-refractivity contribution in [2.24, 2.45) is 0 Å². The molecule has 0 bridgehead atoms. The van der Waals surface area contributed by atoms with E-state index in [1.165, 1.54) is 0 Å². The number of hydrogen-bond donors (Lipinski definition) is 1. The van der Waals surface area contributed by atoms with Crippen molar-refractivity contribution in [2.45, 2.75) is 0 Å². The van der Waals surface area contributed by atoms with Gasteiger partial charge >= 0.3 is 0 Å². The number of nitrogens with zero attached hydrogens (tertiary/aromatic N) is 5. The fraction of sp³-hybridized carbons (Fsp3) is 0.312. The fourth-order valence-electron chi connectivity index (χ4n) is 2.50. The lowest BCUT2D eigenvalue weighted by molar-refractivity contribution is 0.641. The molecule has 0 amide bonds. The van der Waals surface area contributed by atoms with E-state index >= 15 is 0 Å². The number of aromatic nitrogens is 3. The summed E-state index contributed by atoms with van der Waals surface area (Å²) in [7, 11) is 0. The van der Waals surface area contributed by atoms with Crippen molar-refractivity contribution in [3.05, 3.63) is 49.4 Å². The monoisotopic (exact) mass is 296 g/mol. The SMILES string of the molecule is C=CCNc1cc(N2CCN(c3ccccn3)CC2)ncn1. The predicted molar refractivity (Wildman–Crippen MR) is 89.4 cm³/mol. The highest BCUT2D eigenvalue weighted by Gasteiger charge is 2.19. The van der Waals surface area contributed by atoms with Crippen LogP contribution in [-0.4, -0.2) is 47.7 Å². The lowest BCUT2D eigenvalue weighted by atomic mass is 10.3. The first-order valence-electron chi connectivity index (χ1n) is 7.44. The van der Waals surface area contributed by atoms with Gasteiger partial charge < -0.3 is 15.1 Å². The zero-order chi connectivity index (χ0) is 15.2. The molecule has 6 nitrogen and oxygen atoms in total. The maximum Gasteiger partial charge on any atom is 0.134 e. The van der Waals surface area contributed by atoms with Gasteiger partial charge in [-0.1, -0.05) is 12.1 Å². The van der Waals surface area contributed by atoms with Crippen LogP contribution in [0.15, 0.2) is 49.4 Å². The Balaban J connectivity index is 1.62. The van der Waals surface area contributed by atoms with E-state index in [1.807, 2.05) is 30.5 Å². The Labute approximate surface area is 130 Å². The first-order chi connectivity index (χ1) is 10.9. The molecule has 1 aliphatic rings. The van der Waals surface area contributed by atoms with Crippen LogP contribution in [0, 0.1) is 0 Å². The minimum Gasteiger partial charge on any atom is -0.366 e. The molecular formula is C16H20N6. The summed E-state index contributed by atoms with van der Waals surface area (Å²) < 4.78 is 0. The number of rotatable bonds is 5. The minimum atomic E-state index is 0.698. The highest BCUT2D eigenvalue weighted by Crippen LogP contribution is 2.18. The summed E-state index contributed by atoms with van der Waals surface area (Å²) in [4.78, 5) is 17.6. The molecule has 0 atom stereocenters. The van der Waals surface area contributed by atoms with E-state index in [-0.39, 0.29) is 0 Å². The molecule has 1 aliphatic heterocycles. The maximum atomic E-state index is 4.41. The van der Waals surface area contributed by atoms with Gasteiger partial charge in [0, 0.05) is 45.0 Å². The Bertz CT molecular complexity index is 607. The van der Waals surface area contributed by atoms with Crippen LogP contribution in [0.4, 0.5) is 17.5 Å². The van der Waals surface area contributed by atoms with Gasteiger partial charge in [-0.2, -0.15) is 0 Å². The first kappa shape index (κ1) is 14.3. The molecule has 1 N–H and O–H groups in total. The number of piperazine rings is 1. The summed E-state index contributed by atoms with van der Waals surface area (Å²) in [5.41, 5.74) is 0. The van der Waals surface area contributed by atoms with Crippen LogP contribution in [0.1, 0.15) is 0 Å². The predicted octanol–water partition coefficient (Wildman–Crippen LogP) is 1.80.